The summed E-state index contributed by atoms with van der Waals surface area (Å²) in [6, 6.07) is 6.20. The highest BCUT2D eigenvalue weighted by Gasteiger charge is 2.23. The lowest BCUT2D eigenvalue weighted by Gasteiger charge is -2.35. The average Bonchev–Trinajstić information content (AvgIpc) is 2.41. The molecule has 1 fully saturated rings. The van der Waals surface area contributed by atoms with Gasteiger partial charge in [0, 0.05) is 31.7 Å². The van der Waals surface area contributed by atoms with Crippen LogP contribution >= 0.6 is 0 Å². The number of nitrogens with one attached hydrogen (secondary N) is 2. The number of nitrogens with zero attached hydrogens (tertiary/aromatic N) is 1. The largest absolute Gasteiger partial charge is 0.314 e. The molecule has 2 unspecified atom stereocenters. The third kappa shape index (κ3) is 3.53. The number of likely N-dealkylation sites (N-methyl/N-ethyl adjacent to an activating group) is 1. The summed E-state index contributed by atoms with van der Waals surface area (Å²) in [5.74, 6) is -0.130. The van der Waals surface area contributed by atoms with Gasteiger partial charge in [0.25, 0.3) is 0 Å². The van der Waals surface area contributed by atoms with Crippen LogP contribution in [-0.2, 0) is 0 Å². The minimum Gasteiger partial charge on any atom is -0.314 e. The summed E-state index contributed by atoms with van der Waals surface area (Å²) < 4.78 is 13.3. The van der Waals surface area contributed by atoms with E-state index in [1.165, 1.54) is 5.56 Å². The van der Waals surface area contributed by atoms with Crippen LogP contribution in [0.2, 0.25) is 0 Å². The zero-order valence-electron chi connectivity index (χ0n) is 12.0. The molecule has 4 heteroatoms. The van der Waals surface area contributed by atoms with Crippen LogP contribution in [0.3, 0.4) is 0 Å². The smallest absolute Gasteiger partial charge is 0.126 e. The van der Waals surface area contributed by atoms with E-state index in [0.29, 0.717) is 11.6 Å². The van der Waals surface area contributed by atoms with Gasteiger partial charge in [-0.15, -0.1) is 0 Å². The Bertz CT molecular complexity index is 422. The number of hydrogen-bond donors (Lipinski definition) is 2. The van der Waals surface area contributed by atoms with Crippen LogP contribution in [0.5, 0.6) is 0 Å². The predicted octanol–water partition coefficient (Wildman–Crippen LogP) is 1.69. The molecular formula is C15H24FN3. The second kappa shape index (κ2) is 6.46. The van der Waals surface area contributed by atoms with Gasteiger partial charge in [0.2, 0.25) is 0 Å². The number of piperazine rings is 1. The van der Waals surface area contributed by atoms with Crippen molar-refractivity contribution in [1.29, 1.82) is 0 Å². The van der Waals surface area contributed by atoms with Crippen molar-refractivity contribution in [3.63, 3.8) is 0 Å². The van der Waals surface area contributed by atoms with E-state index in [9.17, 15) is 4.39 Å². The van der Waals surface area contributed by atoms with E-state index in [-0.39, 0.29) is 11.9 Å². The summed E-state index contributed by atoms with van der Waals surface area (Å²) in [4.78, 5) is 2.40. The number of aryl methyl sites for hydroxylation is 1. The molecule has 0 radical (unpaired) electrons. The first kappa shape index (κ1) is 14.4. The summed E-state index contributed by atoms with van der Waals surface area (Å²) in [6.45, 7) is 4.99. The highest BCUT2D eigenvalue weighted by molar-refractivity contribution is 5.26. The van der Waals surface area contributed by atoms with Crippen LogP contribution in [0.25, 0.3) is 0 Å². The van der Waals surface area contributed by atoms with Crippen molar-refractivity contribution in [2.45, 2.75) is 25.4 Å². The van der Waals surface area contributed by atoms with E-state index in [4.69, 9.17) is 0 Å². The fourth-order valence-corrected chi connectivity index (χ4v) is 2.70. The lowest BCUT2D eigenvalue weighted by atomic mass is 9.96. The average molecular weight is 265 g/mol. The predicted molar refractivity (Wildman–Crippen MR) is 76.8 cm³/mol. The maximum atomic E-state index is 13.3. The monoisotopic (exact) mass is 265 g/mol. The minimum atomic E-state index is -0.130. The van der Waals surface area contributed by atoms with Crippen molar-refractivity contribution in [3.05, 3.63) is 35.1 Å². The van der Waals surface area contributed by atoms with Crippen LogP contribution in [0.15, 0.2) is 18.2 Å². The Morgan fingerprint density at radius 2 is 2.32 bits per heavy atom. The Labute approximate surface area is 115 Å². The summed E-state index contributed by atoms with van der Waals surface area (Å²) >= 11 is 0. The van der Waals surface area contributed by atoms with E-state index >= 15 is 0 Å². The zero-order valence-corrected chi connectivity index (χ0v) is 12.0. The minimum absolute atomic E-state index is 0.130. The van der Waals surface area contributed by atoms with E-state index < -0.39 is 0 Å². The highest BCUT2D eigenvalue weighted by Crippen LogP contribution is 2.22. The van der Waals surface area contributed by atoms with Gasteiger partial charge in [-0.2, -0.15) is 0 Å². The second-order valence-electron chi connectivity index (χ2n) is 5.42. The maximum absolute atomic E-state index is 13.3. The molecule has 0 bridgehead atoms. The number of hydrogen-bond acceptors (Lipinski definition) is 3. The van der Waals surface area contributed by atoms with Crippen molar-refractivity contribution in [3.8, 4) is 0 Å². The molecule has 1 aromatic rings. The fourth-order valence-electron chi connectivity index (χ4n) is 2.70. The van der Waals surface area contributed by atoms with Crippen molar-refractivity contribution in [1.82, 2.24) is 15.5 Å². The fraction of sp³-hybridized carbons (Fsp3) is 0.600. The van der Waals surface area contributed by atoms with Crippen LogP contribution in [0.1, 0.15) is 23.6 Å². The Morgan fingerprint density at radius 3 is 2.95 bits per heavy atom. The molecule has 1 aromatic carbocycles. The molecule has 106 valence electrons. The van der Waals surface area contributed by atoms with Gasteiger partial charge in [0.1, 0.15) is 5.82 Å². The lowest BCUT2D eigenvalue weighted by molar-refractivity contribution is 0.178. The molecule has 1 aliphatic heterocycles. The molecule has 0 spiro atoms. The summed E-state index contributed by atoms with van der Waals surface area (Å²) in [6.07, 6.45) is 1.03. The Balaban J connectivity index is 2.08. The van der Waals surface area contributed by atoms with Crippen molar-refractivity contribution in [2.75, 3.05) is 33.7 Å². The first-order valence-electron chi connectivity index (χ1n) is 6.96. The molecule has 1 saturated heterocycles. The first-order valence-corrected chi connectivity index (χ1v) is 6.96. The van der Waals surface area contributed by atoms with Crippen LogP contribution in [0, 0.1) is 12.7 Å². The molecule has 0 aromatic heterocycles. The zero-order chi connectivity index (χ0) is 13.8. The third-order valence-electron chi connectivity index (χ3n) is 4.09. The molecule has 3 nitrogen and oxygen atoms in total. The van der Waals surface area contributed by atoms with Crippen molar-refractivity contribution in [2.24, 2.45) is 0 Å². The highest BCUT2D eigenvalue weighted by atomic mass is 19.1. The Hall–Kier alpha value is -0.970. The lowest BCUT2D eigenvalue weighted by Crippen LogP contribution is -2.50. The Morgan fingerprint density at radius 1 is 1.53 bits per heavy atom. The topological polar surface area (TPSA) is 27.3 Å². The van der Waals surface area contributed by atoms with E-state index in [1.807, 2.05) is 26.1 Å². The number of rotatable bonds is 4. The van der Waals surface area contributed by atoms with Gasteiger partial charge in [-0.3, -0.25) is 0 Å². The third-order valence-corrected chi connectivity index (χ3v) is 4.09. The maximum Gasteiger partial charge on any atom is 0.126 e. The van der Waals surface area contributed by atoms with E-state index in [2.05, 4.69) is 22.6 Å². The Kier molecular flexibility index (Phi) is 4.91. The molecule has 2 N–H and O–H groups in total. The quantitative estimate of drug-likeness (QED) is 0.867. The molecule has 19 heavy (non-hydrogen) atoms. The van der Waals surface area contributed by atoms with Crippen LogP contribution in [-0.4, -0.2) is 44.7 Å². The normalized spacial score (nSPS) is 22.4. The summed E-state index contributed by atoms with van der Waals surface area (Å²) in [7, 11) is 4.15. The van der Waals surface area contributed by atoms with Gasteiger partial charge < -0.3 is 15.5 Å². The van der Waals surface area contributed by atoms with Gasteiger partial charge in [0.15, 0.2) is 0 Å². The molecule has 1 aliphatic rings. The summed E-state index contributed by atoms with van der Waals surface area (Å²) in [5.41, 5.74) is 1.88. The molecule has 0 amide bonds. The molecule has 0 aliphatic carbocycles. The molecule has 1 heterocycles. The van der Waals surface area contributed by atoms with Gasteiger partial charge in [0.05, 0.1) is 0 Å². The SMILES string of the molecule is CNC(CC1CNCCN1C)c1ccc(F)c(C)c1. The molecule has 0 saturated carbocycles. The van der Waals surface area contributed by atoms with Gasteiger partial charge in [-0.1, -0.05) is 12.1 Å². The molecule has 2 rings (SSSR count). The van der Waals surface area contributed by atoms with Crippen LogP contribution in [0.4, 0.5) is 4.39 Å². The summed E-state index contributed by atoms with van der Waals surface area (Å²) in [5, 5.41) is 6.79. The standard InChI is InChI=1S/C15H24FN3/c1-11-8-12(4-5-14(11)16)15(17-2)9-13-10-18-6-7-19(13)3/h4-5,8,13,15,17-18H,6-7,9-10H2,1-3H3. The van der Waals surface area contributed by atoms with Gasteiger partial charge >= 0.3 is 0 Å². The number of benzene rings is 1. The van der Waals surface area contributed by atoms with Crippen LogP contribution < -0.4 is 10.6 Å². The first-order chi connectivity index (χ1) is 9.11. The van der Waals surface area contributed by atoms with Gasteiger partial charge in [-0.25, -0.2) is 4.39 Å². The van der Waals surface area contributed by atoms with Crippen molar-refractivity contribution < 1.29 is 4.39 Å². The van der Waals surface area contributed by atoms with Gasteiger partial charge in [-0.05, 0) is 44.6 Å². The molecular weight excluding hydrogens is 241 g/mol. The van der Waals surface area contributed by atoms with Crippen molar-refractivity contribution >= 4 is 0 Å². The molecule has 2 atom stereocenters. The number of halogens is 1. The van der Waals surface area contributed by atoms with E-state index in [0.717, 1.165) is 26.1 Å². The second-order valence-corrected chi connectivity index (χ2v) is 5.42. The van der Waals surface area contributed by atoms with E-state index in [1.54, 1.807) is 6.07 Å².